The molecule has 146 valence electrons. The molecule has 4 fully saturated rings. The average molecular weight is 364 g/mol. The Bertz CT molecular complexity index is 528. The molecule has 1 aliphatic carbocycles. The Morgan fingerprint density at radius 2 is 1.96 bits per heavy atom. The second-order valence-electron chi connectivity index (χ2n) is 8.15. The van der Waals surface area contributed by atoms with E-state index in [9.17, 15) is 4.79 Å². The topological polar surface area (TPSA) is 69.2 Å². The number of carbonyl (C=O) groups excluding carboxylic acids is 1. The minimum Gasteiger partial charge on any atom is -0.373 e. The van der Waals surface area contributed by atoms with Crippen molar-refractivity contribution in [1.29, 1.82) is 0 Å². The molecule has 3 atom stereocenters. The Kier molecular flexibility index (Phi) is 5.64. The van der Waals surface area contributed by atoms with Gasteiger partial charge in [-0.1, -0.05) is 6.42 Å². The van der Waals surface area contributed by atoms with Crippen molar-refractivity contribution in [3.8, 4) is 0 Å². The Balaban J connectivity index is 1.13. The molecule has 2 bridgehead atoms. The number of piperazine rings is 1. The van der Waals surface area contributed by atoms with Crippen LogP contribution in [-0.2, 0) is 9.53 Å². The number of ether oxygens (including phenoxy) is 1. The molecule has 0 aromatic heterocycles. The number of carbonyl (C=O) groups is 1. The third-order valence-corrected chi connectivity index (χ3v) is 6.51. The SMILES string of the molecule is CN=C(NCCN1CCN(C(=O)C2CCC2)CC1)NC1CC2CCC1O2. The van der Waals surface area contributed by atoms with Crippen molar-refractivity contribution in [2.45, 2.75) is 56.8 Å². The predicted molar refractivity (Wildman–Crippen MR) is 101 cm³/mol. The summed E-state index contributed by atoms with van der Waals surface area (Å²) in [6.45, 7) is 5.58. The van der Waals surface area contributed by atoms with Gasteiger partial charge in [0.05, 0.1) is 18.2 Å². The lowest BCUT2D eigenvalue weighted by atomic mass is 9.84. The van der Waals surface area contributed by atoms with Gasteiger partial charge in [0.15, 0.2) is 5.96 Å². The molecule has 1 saturated carbocycles. The van der Waals surface area contributed by atoms with Crippen molar-refractivity contribution in [2.75, 3.05) is 46.3 Å². The Labute approximate surface area is 156 Å². The van der Waals surface area contributed by atoms with Crippen LogP contribution in [0.1, 0.15) is 38.5 Å². The standard InChI is InChI=1S/C19H33N5O2/c1-20-19(22-16-13-15-5-6-17(16)26-15)21-7-8-23-9-11-24(12-10-23)18(25)14-3-2-4-14/h14-17H,2-13H2,1H3,(H2,20,21,22). The number of nitrogens with one attached hydrogen (secondary N) is 2. The molecular formula is C19H33N5O2. The van der Waals surface area contributed by atoms with E-state index in [1.807, 2.05) is 7.05 Å². The van der Waals surface area contributed by atoms with Gasteiger partial charge in [-0.15, -0.1) is 0 Å². The third-order valence-electron chi connectivity index (χ3n) is 6.51. The maximum Gasteiger partial charge on any atom is 0.225 e. The number of fused-ring (bicyclic) bond motifs is 2. The maximum absolute atomic E-state index is 12.3. The van der Waals surface area contributed by atoms with Crippen molar-refractivity contribution in [3.05, 3.63) is 0 Å². The van der Waals surface area contributed by atoms with E-state index in [-0.39, 0.29) is 0 Å². The third kappa shape index (κ3) is 3.98. The van der Waals surface area contributed by atoms with Gasteiger partial charge in [0.1, 0.15) is 0 Å². The monoisotopic (exact) mass is 363 g/mol. The van der Waals surface area contributed by atoms with E-state index in [1.54, 1.807) is 0 Å². The molecule has 7 nitrogen and oxygen atoms in total. The zero-order chi connectivity index (χ0) is 17.9. The van der Waals surface area contributed by atoms with E-state index in [0.717, 1.165) is 64.5 Å². The highest BCUT2D eigenvalue weighted by Crippen LogP contribution is 2.34. The summed E-state index contributed by atoms with van der Waals surface area (Å²) in [5.74, 6) is 1.60. The summed E-state index contributed by atoms with van der Waals surface area (Å²) in [5, 5.41) is 6.96. The summed E-state index contributed by atoms with van der Waals surface area (Å²) in [6, 6.07) is 0.404. The summed E-state index contributed by atoms with van der Waals surface area (Å²) < 4.78 is 5.90. The van der Waals surface area contributed by atoms with E-state index in [2.05, 4.69) is 25.4 Å². The number of nitrogens with zero attached hydrogens (tertiary/aromatic N) is 3. The van der Waals surface area contributed by atoms with Crippen molar-refractivity contribution in [3.63, 3.8) is 0 Å². The number of guanidine groups is 1. The molecule has 1 amide bonds. The summed E-state index contributed by atoms with van der Waals surface area (Å²) in [6.07, 6.45) is 7.72. The van der Waals surface area contributed by atoms with Gasteiger partial charge in [-0.2, -0.15) is 0 Å². The largest absolute Gasteiger partial charge is 0.373 e. The van der Waals surface area contributed by atoms with Crippen LogP contribution in [0.2, 0.25) is 0 Å². The molecular weight excluding hydrogens is 330 g/mol. The molecule has 26 heavy (non-hydrogen) atoms. The van der Waals surface area contributed by atoms with E-state index < -0.39 is 0 Å². The molecule has 0 aromatic rings. The zero-order valence-corrected chi connectivity index (χ0v) is 16.0. The fourth-order valence-corrected chi connectivity index (χ4v) is 4.60. The fraction of sp³-hybridized carbons (Fsp3) is 0.895. The minimum absolute atomic E-state index is 0.326. The summed E-state index contributed by atoms with van der Waals surface area (Å²) in [5.41, 5.74) is 0. The molecule has 0 aromatic carbocycles. The van der Waals surface area contributed by atoms with Crippen LogP contribution in [-0.4, -0.2) is 86.2 Å². The summed E-state index contributed by atoms with van der Waals surface area (Å²) >= 11 is 0. The van der Waals surface area contributed by atoms with Gasteiger partial charge in [-0.05, 0) is 32.1 Å². The molecule has 3 saturated heterocycles. The molecule has 4 rings (SSSR count). The Morgan fingerprint density at radius 3 is 2.54 bits per heavy atom. The van der Waals surface area contributed by atoms with Crippen molar-refractivity contribution >= 4 is 11.9 Å². The van der Waals surface area contributed by atoms with E-state index in [0.29, 0.717) is 30.1 Å². The first kappa shape index (κ1) is 18.0. The van der Waals surface area contributed by atoms with Gasteiger partial charge in [-0.3, -0.25) is 14.7 Å². The first-order valence-corrected chi connectivity index (χ1v) is 10.4. The number of amides is 1. The van der Waals surface area contributed by atoms with Gasteiger partial charge in [0.25, 0.3) is 0 Å². The van der Waals surface area contributed by atoms with Gasteiger partial charge in [0, 0.05) is 52.2 Å². The maximum atomic E-state index is 12.3. The second-order valence-corrected chi connectivity index (χ2v) is 8.15. The molecule has 7 heteroatoms. The average Bonchev–Trinajstić information content (AvgIpc) is 3.23. The Morgan fingerprint density at radius 1 is 1.15 bits per heavy atom. The molecule has 4 aliphatic rings. The lowest BCUT2D eigenvalue weighted by molar-refractivity contribution is -0.139. The van der Waals surface area contributed by atoms with Crippen molar-refractivity contribution in [2.24, 2.45) is 10.9 Å². The van der Waals surface area contributed by atoms with E-state index in [1.165, 1.54) is 19.3 Å². The van der Waals surface area contributed by atoms with Crippen LogP contribution in [0.25, 0.3) is 0 Å². The van der Waals surface area contributed by atoms with Crippen LogP contribution >= 0.6 is 0 Å². The number of hydrogen-bond donors (Lipinski definition) is 2. The van der Waals surface area contributed by atoms with Crippen LogP contribution in [0.4, 0.5) is 0 Å². The van der Waals surface area contributed by atoms with Crippen molar-refractivity contribution < 1.29 is 9.53 Å². The highest BCUT2D eigenvalue weighted by Gasteiger charge is 2.41. The van der Waals surface area contributed by atoms with Gasteiger partial charge < -0.3 is 20.3 Å². The highest BCUT2D eigenvalue weighted by molar-refractivity contribution is 5.80. The zero-order valence-electron chi connectivity index (χ0n) is 16.0. The normalized spacial score (nSPS) is 32.6. The summed E-state index contributed by atoms with van der Waals surface area (Å²) in [7, 11) is 1.83. The molecule has 0 spiro atoms. The first-order valence-electron chi connectivity index (χ1n) is 10.4. The molecule has 3 unspecified atom stereocenters. The smallest absolute Gasteiger partial charge is 0.225 e. The predicted octanol–water partition coefficient (Wildman–Crippen LogP) is 0.416. The Hall–Kier alpha value is -1.34. The minimum atomic E-state index is 0.326. The second kappa shape index (κ2) is 8.13. The van der Waals surface area contributed by atoms with Crippen LogP contribution in [0.5, 0.6) is 0 Å². The highest BCUT2D eigenvalue weighted by atomic mass is 16.5. The molecule has 0 radical (unpaired) electrons. The van der Waals surface area contributed by atoms with Gasteiger partial charge >= 0.3 is 0 Å². The first-order chi connectivity index (χ1) is 12.7. The van der Waals surface area contributed by atoms with E-state index >= 15 is 0 Å². The summed E-state index contributed by atoms with van der Waals surface area (Å²) in [4.78, 5) is 21.2. The molecule has 2 N–H and O–H groups in total. The number of hydrogen-bond acceptors (Lipinski definition) is 4. The van der Waals surface area contributed by atoms with E-state index in [4.69, 9.17) is 4.74 Å². The van der Waals surface area contributed by atoms with Crippen LogP contribution < -0.4 is 10.6 Å². The van der Waals surface area contributed by atoms with Gasteiger partial charge in [-0.25, -0.2) is 0 Å². The van der Waals surface area contributed by atoms with Crippen molar-refractivity contribution in [1.82, 2.24) is 20.4 Å². The van der Waals surface area contributed by atoms with Gasteiger partial charge in [0.2, 0.25) is 5.91 Å². The molecule has 3 heterocycles. The lowest BCUT2D eigenvalue weighted by Gasteiger charge is -2.38. The lowest BCUT2D eigenvalue weighted by Crippen LogP contribution is -2.53. The fourth-order valence-electron chi connectivity index (χ4n) is 4.60. The van der Waals surface area contributed by atoms with Crippen LogP contribution in [0.3, 0.4) is 0 Å². The van der Waals surface area contributed by atoms with Crippen LogP contribution in [0.15, 0.2) is 4.99 Å². The van der Waals surface area contributed by atoms with Crippen LogP contribution in [0, 0.1) is 5.92 Å². The quantitative estimate of drug-likeness (QED) is 0.547. The number of rotatable bonds is 5. The molecule has 3 aliphatic heterocycles. The number of aliphatic imine (C=N–C) groups is 1.